The van der Waals surface area contributed by atoms with E-state index in [0.717, 1.165) is 17.5 Å². The van der Waals surface area contributed by atoms with Crippen LogP contribution >= 0.6 is 0 Å². The van der Waals surface area contributed by atoms with Crippen LogP contribution in [0.2, 0.25) is 0 Å². The zero-order valence-electron chi connectivity index (χ0n) is 16.2. The van der Waals surface area contributed by atoms with Crippen LogP contribution in [0.3, 0.4) is 0 Å². The fourth-order valence-electron chi connectivity index (χ4n) is 2.67. The monoisotopic (exact) mass is 377 g/mol. The third-order valence-electron chi connectivity index (χ3n) is 4.44. The molecular weight excluding hydrogens is 354 g/mol. The lowest BCUT2D eigenvalue weighted by atomic mass is 10.1. The molecule has 0 spiro atoms. The van der Waals surface area contributed by atoms with Gasteiger partial charge in [0.15, 0.2) is 5.76 Å². The highest BCUT2D eigenvalue weighted by molar-refractivity contribution is 6.02. The third kappa shape index (κ3) is 4.49. The highest BCUT2D eigenvalue weighted by atomic mass is 16.5. The van der Waals surface area contributed by atoms with E-state index in [1.165, 1.54) is 5.56 Å². The summed E-state index contributed by atoms with van der Waals surface area (Å²) in [6.45, 7) is 6.41. The minimum Gasteiger partial charge on any atom is -0.462 e. The van der Waals surface area contributed by atoms with Crippen LogP contribution in [0.1, 0.15) is 45.4 Å². The van der Waals surface area contributed by atoms with E-state index >= 15 is 0 Å². The molecule has 0 radical (unpaired) electrons. The largest absolute Gasteiger partial charge is 0.462 e. The number of hydrogen-bond donors (Lipinski definition) is 1. The fraction of sp³-hybridized carbons (Fsp3) is 0.217. The molecule has 0 unspecified atom stereocenters. The number of rotatable bonds is 6. The summed E-state index contributed by atoms with van der Waals surface area (Å²) < 4.78 is 10.8. The smallest absolute Gasteiger partial charge is 0.338 e. The Balaban J connectivity index is 1.67. The number of furan rings is 1. The first kappa shape index (κ1) is 19.4. The van der Waals surface area contributed by atoms with Gasteiger partial charge in [-0.05, 0) is 73.9 Å². The Morgan fingerprint density at radius 2 is 1.71 bits per heavy atom. The van der Waals surface area contributed by atoms with Gasteiger partial charge >= 0.3 is 5.97 Å². The third-order valence-corrected chi connectivity index (χ3v) is 4.44. The van der Waals surface area contributed by atoms with Gasteiger partial charge < -0.3 is 14.5 Å². The van der Waals surface area contributed by atoms with Gasteiger partial charge in [0.1, 0.15) is 5.76 Å². The lowest BCUT2D eigenvalue weighted by molar-refractivity contribution is 0.0505. The first-order valence-corrected chi connectivity index (χ1v) is 9.24. The first-order chi connectivity index (χ1) is 13.5. The molecule has 2 aromatic carbocycles. The van der Waals surface area contributed by atoms with Crippen molar-refractivity contribution in [3.63, 3.8) is 0 Å². The van der Waals surface area contributed by atoms with E-state index in [4.69, 9.17) is 9.15 Å². The summed E-state index contributed by atoms with van der Waals surface area (Å²) in [6.07, 6.45) is 0.771. The summed E-state index contributed by atoms with van der Waals surface area (Å²) in [6, 6.07) is 16.0. The minimum atomic E-state index is -0.371. The SMILES string of the molecule is CCCOC(=O)c1ccc(NC(=O)c2ccc(-c3ccc(C)c(C)c3)o2)cc1. The number of benzene rings is 2. The van der Waals surface area contributed by atoms with Crippen LogP contribution < -0.4 is 5.32 Å². The number of carbonyl (C=O) groups excluding carboxylic acids is 2. The predicted octanol–water partition coefficient (Wildman–Crippen LogP) is 5.38. The van der Waals surface area contributed by atoms with Crippen molar-refractivity contribution < 1.29 is 18.7 Å². The van der Waals surface area contributed by atoms with Crippen LogP contribution in [-0.4, -0.2) is 18.5 Å². The second kappa shape index (κ2) is 8.57. The average Bonchev–Trinajstić information content (AvgIpc) is 3.19. The Labute approximate surface area is 164 Å². The summed E-state index contributed by atoms with van der Waals surface area (Å²) in [4.78, 5) is 24.3. The van der Waals surface area contributed by atoms with Crippen LogP contribution in [0.25, 0.3) is 11.3 Å². The molecule has 1 N–H and O–H groups in total. The highest BCUT2D eigenvalue weighted by Gasteiger charge is 2.14. The second-order valence-electron chi connectivity index (χ2n) is 6.63. The van der Waals surface area contributed by atoms with Gasteiger partial charge in [-0.2, -0.15) is 0 Å². The van der Waals surface area contributed by atoms with Crippen molar-refractivity contribution in [2.75, 3.05) is 11.9 Å². The molecule has 5 nitrogen and oxygen atoms in total. The van der Waals surface area contributed by atoms with E-state index < -0.39 is 0 Å². The fourth-order valence-corrected chi connectivity index (χ4v) is 2.67. The molecule has 0 saturated heterocycles. The molecule has 0 atom stereocenters. The van der Waals surface area contributed by atoms with Crippen molar-refractivity contribution in [2.45, 2.75) is 27.2 Å². The van der Waals surface area contributed by atoms with Crippen LogP contribution in [0, 0.1) is 13.8 Å². The number of amides is 1. The number of nitrogens with one attached hydrogen (secondary N) is 1. The zero-order chi connectivity index (χ0) is 20.1. The summed E-state index contributed by atoms with van der Waals surface area (Å²) in [5.74, 6) is 0.141. The molecule has 0 aliphatic heterocycles. The Morgan fingerprint density at radius 3 is 2.39 bits per heavy atom. The van der Waals surface area contributed by atoms with E-state index in [0.29, 0.717) is 23.6 Å². The zero-order valence-corrected chi connectivity index (χ0v) is 16.2. The summed E-state index contributed by atoms with van der Waals surface area (Å²) >= 11 is 0. The molecule has 1 aromatic heterocycles. The Kier molecular flexibility index (Phi) is 5.94. The van der Waals surface area contributed by atoms with Gasteiger partial charge in [-0.15, -0.1) is 0 Å². The van der Waals surface area contributed by atoms with Crippen LogP contribution in [0.15, 0.2) is 59.0 Å². The molecule has 1 amide bonds. The van der Waals surface area contributed by atoms with Crippen molar-refractivity contribution in [3.8, 4) is 11.3 Å². The predicted molar refractivity (Wildman–Crippen MR) is 109 cm³/mol. The van der Waals surface area contributed by atoms with Crippen LogP contribution in [0.4, 0.5) is 5.69 Å². The molecule has 0 fully saturated rings. The summed E-state index contributed by atoms with van der Waals surface area (Å²) in [7, 11) is 0. The molecule has 0 aliphatic carbocycles. The van der Waals surface area contributed by atoms with E-state index in [1.807, 2.05) is 32.0 Å². The number of aryl methyl sites for hydroxylation is 2. The molecule has 1 heterocycles. The maximum absolute atomic E-state index is 12.4. The van der Waals surface area contributed by atoms with Crippen molar-refractivity contribution in [1.29, 1.82) is 0 Å². The minimum absolute atomic E-state index is 0.222. The number of ether oxygens (including phenoxy) is 1. The van der Waals surface area contributed by atoms with Crippen LogP contribution in [-0.2, 0) is 4.74 Å². The molecule has 28 heavy (non-hydrogen) atoms. The van der Waals surface area contributed by atoms with Gasteiger partial charge in [0.25, 0.3) is 5.91 Å². The van der Waals surface area contributed by atoms with Crippen LogP contribution in [0.5, 0.6) is 0 Å². The normalized spacial score (nSPS) is 10.5. The maximum Gasteiger partial charge on any atom is 0.338 e. The quantitative estimate of drug-likeness (QED) is 0.585. The van der Waals surface area contributed by atoms with E-state index in [9.17, 15) is 9.59 Å². The molecular formula is C23H23NO4. The summed E-state index contributed by atoms with van der Waals surface area (Å²) in [5.41, 5.74) is 4.31. The van der Waals surface area contributed by atoms with Crippen molar-refractivity contribution in [2.24, 2.45) is 0 Å². The van der Waals surface area contributed by atoms with Gasteiger partial charge in [-0.3, -0.25) is 4.79 Å². The molecule has 3 rings (SSSR count). The first-order valence-electron chi connectivity index (χ1n) is 9.24. The van der Waals surface area contributed by atoms with E-state index in [2.05, 4.69) is 12.2 Å². The lowest BCUT2D eigenvalue weighted by Gasteiger charge is -2.06. The van der Waals surface area contributed by atoms with E-state index in [1.54, 1.807) is 36.4 Å². The molecule has 3 aromatic rings. The Hall–Kier alpha value is -3.34. The van der Waals surface area contributed by atoms with Gasteiger partial charge in [-0.25, -0.2) is 4.79 Å². The molecule has 0 saturated carbocycles. The van der Waals surface area contributed by atoms with E-state index in [-0.39, 0.29) is 17.6 Å². The number of anilines is 1. The van der Waals surface area contributed by atoms with Crippen molar-refractivity contribution >= 4 is 17.6 Å². The number of hydrogen-bond acceptors (Lipinski definition) is 4. The standard InChI is InChI=1S/C23H23NO4/c1-4-13-27-23(26)17-7-9-19(10-8-17)24-22(25)21-12-11-20(28-21)18-6-5-15(2)16(3)14-18/h5-12,14H,4,13H2,1-3H3,(H,24,25). The van der Waals surface area contributed by atoms with Gasteiger partial charge in [0.05, 0.1) is 12.2 Å². The topological polar surface area (TPSA) is 68.5 Å². The number of esters is 1. The summed E-state index contributed by atoms with van der Waals surface area (Å²) in [5, 5.41) is 2.77. The maximum atomic E-state index is 12.4. The average molecular weight is 377 g/mol. The second-order valence-corrected chi connectivity index (χ2v) is 6.63. The Bertz CT molecular complexity index is 986. The lowest BCUT2D eigenvalue weighted by Crippen LogP contribution is -2.11. The Morgan fingerprint density at radius 1 is 0.964 bits per heavy atom. The number of carbonyl (C=O) groups is 2. The molecule has 5 heteroatoms. The van der Waals surface area contributed by atoms with Gasteiger partial charge in [0, 0.05) is 11.3 Å². The van der Waals surface area contributed by atoms with Gasteiger partial charge in [0.2, 0.25) is 0 Å². The highest BCUT2D eigenvalue weighted by Crippen LogP contribution is 2.25. The van der Waals surface area contributed by atoms with Crippen molar-refractivity contribution in [1.82, 2.24) is 0 Å². The molecule has 0 bridgehead atoms. The van der Waals surface area contributed by atoms with Gasteiger partial charge in [-0.1, -0.05) is 19.1 Å². The van der Waals surface area contributed by atoms with Crippen molar-refractivity contribution in [3.05, 3.63) is 77.0 Å². The molecule has 144 valence electrons. The molecule has 0 aliphatic rings.